The Kier molecular flexibility index (Phi) is 9.63. The van der Waals surface area contributed by atoms with Crippen LogP contribution < -0.4 is 31.4 Å². The zero-order valence-corrected chi connectivity index (χ0v) is 23.5. The van der Waals surface area contributed by atoms with Gasteiger partial charge in [0.1, 0.15) is 17.1 Å². The summed E-state index contributed by atoms with van der Waals surface area (Å²) in [7, 11) is 1.32. The number of ether oxygens (including phenoxy) is 1. The molecular formula is C28H33F2N5O8. The molecule has 232 valence electrons. The van der Waals surface area contributed by atoms with Crippen LogP contribution in [0.15, 0.2) is 28.5 Å². The highest BCUT2D eigenvalue weighted by molar-refractivity contribution is 5.97. The molecule has 1 saturated carbocycles. The van der Waals surface area contributed by atoms with E-state index in [2.05, 4.69) is 10.6 Å². The first-order valence-electron chi connectivity index (χ1n) is 13.7. The van der Waals surface area contributed by atoms with Crippen molar-refractivity contribution in [2.75, 3.05) is 38.2 Å². The Morgan fingerprint density at radius 2 is 1.91 bits per heavy atom. The molecule has 1 unspecified atom stereocenters. The lowest BCUT2D eigenvalue weighted by atomic mass is 10.0. The molecule has 2 aromatic rings. The fraction of sp³-hybridized carbons (Fsp3) is 0.464. The normalized spacial score (nSPS) is 16.9. The van der Waals surface area contributed by atoms with Crippen molar-refractivity contribution >= 4 is 40.3 Å². The standard InChI is InChI=1S/C28H33F2N5O8/c1-43-26-23-16(25(39)17(28(41)42)13-35(23)15-4-5-15)9-18(29)24(26)34-8-2-3-14(12-34)19(30)10-32-21(36)11-33-27(40)20(31)6-7-22(37)38/h9,13,15,20H,2-8,10-12,31H2,1H3,(H,32,36)(H,33,40)(H,37,38)(H,41,42)/b19-14+. The molecule has 2 amide bonds. The molecule has 0 bridgehead atoms. The Hall–Kier alpha value is -4.53. The van der Waals surface area contributed by atoms with Gasteiger partial charge in [-0.25, -0.2) is 13.6 Å². The first kappa shape index (κ1) is 31.4. The summed E-state index contributed by atoms with van der Waals surface area (Å²) in [6.45, 7) is -0.646. The van der Waals surface area contributed by atoms with E-state index >= 15 is 8.78 Å². The number of nitrogens with two attached hydrogens (primary N) is 1. The van der Waals surface area contributed by atoms with Crippen LogP contribution in [0.5, 0.6) is 5.75 Å². The molecule has 6 N–H and O–H groups in total. The van der Waals surface area contributed by atoms with Gasteiger partial charge in [-0.05, 0) is 43.7 Å². The number of pyridine rings is 1. The highest BCUT2D eigenvalue weighted by Crippen LogP contribution is 2.44. The van der Waals surface area contributed by atoms with Gasteiger partial charge in [0, 0.05) is 31.7 Å². The van der Waals surface area contributed by atoms with Crippen LogP contribution in [0.2, 0.25) is 0 Å². The number of hydrogen-bond acceptors (Lipinski definition) is 8. The van der Waals surface area contributed by atoms with Crippen molar-refractivity contribution in [2.45, 2.75) is 50.6 Å². The van der Waals surface area contributed by atoms with Gasteiger partial charge in [0.05, 0.1) is 37.1 Å². The predicted octanol–water partition coefficient (Wildman–Crippen LogP) is 1.43. The van der Waals surface area contributed by atoms with Gasteiger partial charge in [-0.3, -0.25) is 19.2 Å². The average Bonchev–Trinajstić information content (AvgIpc) is 3.82. The van der Waals surface area contributed by atoms with Crippen LogP contribution in [-0.2, 0) is 14.4 Å². The lowest BCUT2D eigenvalue weighted by Gasteiger charge is -2.33. The number of fused-ring (bicyclic) bond motifs is 1. The number of carboxylic acid groups (broad SMARTS) is 2. The predicted molar refractivity (Wildman–Crippen MR) is 150 cm³/mol. The largest absolute Gasteiger partial charge is 0.492 e. The Balaban J connectivity index is 1.51. The minimum absolute atomic E-state index is 0.0165. The third-order valence-electron chi connectivity index (χ3n) is 7.43. The number of carbonyl (C=O) groups excluding carboxylic acids is 2. The van der Waals surface area contributed by atoms with Crippen LogP contribution in [0.25, 0.3) is 10.9 Å². The Bertz CT molecular complexity index is 1550. The van der Waals surface area contributed by atoms with Crippen LogP contribution in [0.1, 0.15) is 54.9 Å². The molecule has 1 saturated heterocycles. The minimum atomic E-state index is -1.42. The zero-order valence-electron chi connectivity index (χ0n) is 23.5. The molecule has 2 aliphatic rings. The lowest BCUT2D eigenvalue weighted by molar-refractivity contribution is -0.137. The number of carboxylic acids is 2. The van der Waals surface area contributed by atoms with Crippen molar-refractivity contribution in [3.63, 3.8) is 0 Å². The van der Waals surface area contributed by atoms with Gasteiger partial charge in [0.25, 0.3) is 0 Å². The number of nitrogens with one attached hydrogen (secondary N) is 2. The molecule has 1 aliphatic carbocycles. The molecule has 0 spiro atoms. The quantitative estimate of drug-likeness (QED) is 0.236. The number of aromatic nitrogens is 1. The second kappa shape index (κ2) is 13.2. The van der Waals surface area contributed by atoms with Gasteiger partial charge in [-0.15, -0.1) is 0 Å². The number of piperidine rings is 1. The van der Waals surface area contributed by atoms with E-state index in [0.717, 1.165) is 18.9 Å². The topological polar surface area (TPSA) is 193 Å². The molecule has 4 rings (SSSR count). The summed E-state index contributed by atoms with van der Waals surface area (Å²) >= 11 is 0. The first-order chi connectivity index (χ1) is 20.4. The lowest BCUT2D eigenvalue weighted by Crippen LogP contribution is -2.45. The summed E-state index contributed by atoms with van der Waals surface area (Å²) in [6, 6.07) is -0.185. The number of methoxy groups -OCH3 is 1. The second-order valence-corrected chi connectivity index (χ2v) is 10.5. The van der Waals surface area contributed by atoms with E-state index in [0.29, 0.717) is 25.0 Å². The number of anilines is 1. The van der Waals surface area contributed by atoms with Crippen molar-refractivity contribution in [3.8, 4) is 5.75 Å². The fourth-order valence-corrected chi connectivity index (χ4v) is 5.08. The van der Waals surface area contributed by atoms with Crippen LogP contribution in [-0.4, -0.2) is 77.9 Å². The number of amides is 2. The third-order valence-corrected chi connectivity index (χ3v) is 7.43. The van der Waals surface area contributed by atoms with Gasteiger partial charge in [-0.2, -0.15) is 0 Å². The second-order valence-electron chi connectivity index (χ2n) is 10.5. The van der Waals surface area contributed by atoms with E-state index in [9.17, 15) is 29.1 Å². The number of carbonyl (C=O) groups is 4. The van der Waals surface area contributed by atoms with Crippen LogP contribution in [0.3, 0.4) is 0 Å². The third kappa shape index (κ3) is 7.10. The van der Waals surface area contributed by atoms with Crippen LogP contribution >= 0.6 is 0 Å². The van der Waals surface area contributed by atoms with E-state index in [-0.39, 0.29) is 47.8 Å². The number of aromatic carboxylic acids is 1. The SMILES string of the molecule is COc1c(N2CCC/C(=C(\F)CNC(=O)CNC(=O)C(N)CCC(=O)O)C2)c(F)cc2c(=O)c(C(=O)O)cn(C3CC3)c12. The summed E-state index contributed by atoms with van der Waals surface area (Å²) in [5.74, 6) is -5.34. The fourth-order valence-electron chi connectivity index (χ4n) is 5.08. The van der Waals surface area contributed by atoms with E-state index in [1.165, 1.54) is 13.3 Å². The van der Waals surface area contributed by atoms with Crippen molar-refractivity contribution in [1.29, 1.82) is 0 Å². The first-order valence-corrected chi connectivity index (χ1v) is 13.7. The van der Waals surface area contributed by atoms with Crippen molar-refractivity contribution in [2.24, 2.45) is 5.73 Å². The smallest absolute Gasteiger partial charge is 0.341 e. The highest BCUT2D eigenvalue weighted by atomic mass is 19.1. The molecule has 0 radical (unpaired) electrons. The van der Waals surface area contributed by atoms with Crippen molar-refractivity contribution in [3.05, 3.63) is 45.3 Å². The van der Waals surface area contributed by atoms with Crippen LogP contribution in [0, 0.1) is 5.82 Å². The average molecular weight is 606 g/mol. The van der Waals surface area contributed by atoms with Gasteiger partial charge < -0.3 is 40.8 Å². The van der Waals surface area contributed by atoms with Crippen LogP contribution in [0.4, 0.5) is 14.5 Å². The van der Waals surface area contributed by atoms with Gasteiger partial charge >= 0.3 is 11.9 Å². The number of halogens is 2. The van der Waals surface area contributed by atoms with Gasteiger partial charge in [0.15, 0.2) is 11.6 Å². The number of rotatable bonds is 12. The summed E-state index contributed by atoms with van der Waals surface area (Å²) in [5, 5.41) is 22.7. The van der Waals surface area contributed by atoms with E-state index < -0.39 is 65.5 Å². The Morgan fingerprint density at radius 1 is 1.19 bits per heavy atom. The maximum Gasteiger partial charge on any atom is 0.341 e. The number of aliphatic carboxylic acids is 1. The summed E-state index contributed by atoms with van der Waals surface area (Å²) in [5.41, 5.74) is 4.89. The van der Waals surface area contributed by atoms with E-state index in [1.54, 1.807) is 9.47 Å². The molecule has 1 aromatic carbocycles. The molecule has 15 heteroatoms. The van der Waals surface area contributed by atoms with Gasteiger partial charge in [0.2, 0.25) is 17.2 Å². The summed E-state index contributed by atoms with van der Waals surface area (Å²) in [6.07, 6.45) is 3.14. The molecule has 1 aromatic heterocycles. The summed E-state index contributed by atoms with van der Waals surface area (Å²) in [4.78, 5) is 60.9. The van der Waals surface area contributed by atoms with Gasteiger partial charge in [-0.1, -0.05) is 0 Å². The molecule has 1 atom stereocenters. The Labute approximate surface area is 244 Å². The monoisotopic (exact) mass is 605 g/mol. The van der Waals surface area contributed by atoms with Crippen molar-refractivity contribution < 1.29 is 42.9 Å². The Morgan fingerprint density at radius 3 is 2.53 bits per heavy atom. The maximum atomic E-state index is 15.6. The highest BCUT2D eigenvalue weighted by Gasteiger charge is 2.32. The van der Waals surface area contributed by atoms with E-state index in [4.69, 9.17) is 15.6 Å². The molecule has 2 heterocycles. The molecule has 43 heavy (non-hydrogen) atoms. The molecule has 1 aliphatic heterocycles. The molecular weight excluding hydrogens is 572 g/mol. The maximum absolute atomic E-state index is 15.6. The zero-order chi connectivity index (χ0) is 31.4. The number of benzene rings is 1. The molecule has 2 fully saturated rings. The van der Waals surface area contributed by atoms with Crippen molar-refractivity contribution in [1.82, 2.24) is 15.2 Å². The van der Waals surface area contributed by atoms with E-state index in [1.807, 2.05) is 0 Å². The number of hydrogen-bond donors (Lipinski definition) is 5. The number of nitrogens with zero attached hydrogens (tertiary/aromatic N) is 2. The minimum Gasteiger partial charge on any atom is -0.492 e. The molecule has 13 nitrogen and oxygen atoms in total. The summed E-state index contributed by atoms with van der Waals surface area (Å²) < 4.78 is 38.0.